The molecule has 0 fully saturated rings. The van der Waals surface area contributed by atoms with Crippen molar-refractivity contribution in [2.24, 2.45) is 0 Å². The minimum atomic E-state index is -0.158. The topological polar surface area (TPSA) is 41.1 Å². The molecule has 2 N–H and O–H groups in total. The smallest absolute Gasteiger partial charge is 0.236 e. The molecule has 0 aliphatic carbocycles. The summed E-state index contributed by atoms with van der Waals surface area (Å²) >= 11 is 1.67. The lowest BCUT2D eigenvalue weighted by Crippen LogP contribution is -2.41. The predicted molar refractivity (Wildman–Crippen MR) is 59.4 cm³/mol. The van der Waals surface area contributed by atoms with Crippen molar-refractivity contribution in [3.8, 4) is 0 Å². The molecule has 3 nitrogen and oxygen atoms in total. The average molecular weight is 212 g/mol. The van der Waals surface area contributed by atoms with Crippen molar-refractivity contribution in [1.29, 1.82) is 0 Å². The summed E-state index contributed by atoms with van der Waals surface area (Å²) in [6, 6.07) is 2.13. The van der Waals surface area contributed by atoms with Gasteiger partial charge in [0.2, 0.25) is 5.91 Å². The predicted octanol–water partition coefficient (Wildman–Crippen LogP) is 1.53. The highest BCUT2D eigenvalue weighted by molar-refractivity contribution is 7.07. The molecule has 78 valence electrons. The van der Waals surface area contributed by atoms with E-state index in [1.165, 1.54) is 5.56 Å². The maximum Gasteiger partial charge on any atom is 0.236 e. The summed E-state index contributed by atoms with van der Waals surface area (Å²) in [6.45, 7) is 3.92. The Morgan fingerprint density at radius 2 is 2.21 bits per heavy atom. The highest BCUT2D eigenvalue weighted by Gasteiger charge is 2.14. The molecule has 4 heteroatoms. The molecule has 0 bridgehead atoms. The van der Waals surface area contributed by atoms with Crippen molar-refractivity contribution in [3.63, 3.8) is 0 Å². The maximum atomic E-state index is 11.2. The van der Waals surface area contributed by atoms with E-state index in [0.717, 1.165) is 0 Å². The second kappa shape index (κ2) is 5.12. The normalized spacial score (nSPS) is 14.8. The Morgan fingerprint density at radius 3 is 2.71 bits per heavy atom. The van der Waals surface area contributed by atoms with Crippen LogP contribution in [0, 0.1) is 0 Å². The van der Waals surface area contributed by atoms with E-state index in [-0.39, 0.29) is 18.0 Å². The van der Waals surface area contributed by atoms with E-state index >= 15 is 0 Å². The quantitative estimate of drug-likeness (QED) is 0.794. The Hall–Kier alpha value is -0.870. The lowest BCUT2D eigenvalue weighted by atomic mass is 10.1. The van der Waals surface area contributed by atoms with Gasteiger partial charge in [0.15, 0.2) is 0 Å². The van der Waals surface area contributed by atoms with Gasteiger partial charge in [0, 0.05) is 13.1 Å². The van der Waals surface area contributed by atoms with E-state index in [1.54, 1.807) is 18.4 Å². The van der Waals surface area contributed by atoms with Crippen LogP contribution in [0.15, 0.2) is 16.8 Å². The summed E-state index contributed by atoms with van der Waals surface area (Å²) in [7, 11) is 1.65. The number of carbonyl (C=O) groups is 1. The largest absolute Gasteiger partial charge is 0.358 e. The first-order valence-corrected chi connectivity index (χ1v) is 5.59. The molecule has 0 saturated heterocycles. The van der Waals surface area contributed by atoms with Crippen LogP contribution in [0.4, 0.5) is 0 Å². The third kappa shape index (κ3) is 2.82. The Balaban J connectivity index is 2.49. The van der Waals surface area contributed by atoms with Crippen molar-refractivity contribution < 1.29 is 4.79 Å². The molecule has 0 saturated carbocycles. The zero-order valence-electron chi connectivity index (χ0n) is 8.70. The molecule has 0 aromatic carbocycles. The second-order valence-corrected chi connectivity index (χ2v) is 4.06. The molecule has 1 unspecified atom stereocenters. The van der Waals surface area contributed by atoms with E-state index < -0.39 is 0 Å². The second-order valence-electron chi connectivity index (χ2n) is 3.28. The fraction of sp³-hybridized carbons (Fsp3) is 0.500. The minimum Gasteiger partial charge on any atom is -0.358 e. The van der Waals surface area contributed by atoms with Crippen LogP contribution >= 0.6 is 11.3 Å². The van der Waals surface area contributed by atoms with Gasteiger partial charge >= 0.3 is 0 Å². The van der Waals surface area contributed by atoms with E-state index in [0.29, 0.717) is 0 Å². The van der Waals surface area contributed by atoms with E-state index in [4.69, 9.17) is 0 Å². The summed E-state index contributed by atoms with van der Waals surface area (Å²) in [5.41, 5.74) is 1.23. The summed E-state index contributed by atoms with van der Waals surface area (Å²) in [6.07, 6.45) is 0. The van der Waals surface area contributed by atoms with Gasteiger partial charge in [-0.1, -0.05) is 0 Å². The minimum absolute atomic E-state index is 0.0204. The summed E-state index contributed by atoms with van der Waals surface area (Å²) in [5.74, 6) is 0.0204. The number of carbonyl (C=O) groups excluding carboxylic acids is 1. The lowest BCUT2D eigenvalue weighted by Gasteiger charge is -2.17. The molecule has 14 heavy (non-hydrogen) atoms. The molecular weight excluding hydrogens is 196 g/mol. The molecule has 0 spiro atoms. The van der Waals surface area contributed by atoms with Crippen LogP contribution in [0.3, 0.4) is 0 Å². The zero-order chi connectivity index (χ0) is 10.6. The first-order chi connectivity index (χ1) is 6.65. The van der Waals surface area contributed by atoms with Gasteiger partial charge in [-0.05, 0) is 36.2 Å². The average Bonchev–Trinajstić information content (AvgIpc) is 2.69. The number of likely N-dealkylation sites (N-methyl/N-ethyl adjacent to an activating group) is 1. The summed E-state index contributed by atoms with van der Waals surface area (Å²) in [4.78, 5) is 11.2. The molecule has 1 aromatic heterocycles. The molecule has 0 aliphatic rings. The SMILES string of the molecule is CNC(=O)[C@@H](C)NC(C)c1ccsc1. The van der Waals surface area contributed by atoms with Crippen LogP contribution in [-0.2, 0) is 4.79 Å². The van der Waals surface area contributed by atoms with Crippen LogP contribution < -0.4 is 10.6 Å². The van der Waals surface area contributed by atoms with Crippen LogP contribution in [0.25, 0.3) is 0 Å². The van der Waals surface area contributed by atoms with Gasteiger partial charge in [-0.15, -0.1) is 0 Å². The van der Waals surface area contributed by atoms with E-state index in [1.807, 2.05) is 12.3 Å². The van der Waals surface area contributed by atoms with Crippen LogP contribution in [-0.4, -0.2) is 19.0 Å². The third-order valence-corrected chi connectivity index (χ3v) is 2.88. The monoisotopic (exact) mass is 212 g/mol. The van der Waals surface area contributed by atoms with Gasteiger partial charge in [-0.3, -0.25) is 10.1 Å². The standard InChI is InChI=1S/C10H16N2OS/c1-7(9-4-5-14-6-9)12-8(2)10(13)11-3/h4-8,12H,1-3H3,(H,11,13)/t7?,8-/m1/s1. The number of hydrogen-bond donors (Lipinski definition) is 2. The highest BCUT2D eigenvalue weighted by atomic mass is 32.1. The first kappa shape index (κ1) is 11.2. The van der Waals surface area contributed by atoms with Gasteiger partial charge in [-0.2, -0.15) is 11.3 Å². The number of rotatable bonds is 4. The van der Waals surface area contributed by atoms with Crippen molar-refractivity contribution in [3.05, 3.63) is 22.4 Å². The molecule has 1 aromatic rings. The van der Waals surface area contributed by atoms with E-state index in [9.17, 15) is 4.79 Å². The Kier molecular flexibility index (Phi) is 4.10. The zero-order valence-corrected chi connectivity index (χ0v) is 9.52. The molecule has 1 heterocycles. The number of hydrogen-bond acceptors (Lipinski definition) is 3. The van der Waals surface area contributed by atoms with Crippen molar-refractivity contribution in [2.45, 2.75) is 25.9 Å². The third-order valence-electron chi connectivity index (χ3n) is 2.18. The maximum absolute atomic E-state index is 11.2. The Morgan fingerprint density at radius 1 is 1.50 bits per heavy atom. The molecule has 1 amide bonds. The van der Waals surface area contributed by atoms with Gasteiger partial charge in [0.1, 0.15) is 0 Å². The Bertz CT molecular complexity index is 284. The summed E-state index contributed by atoms with van der Waals surface area (Å²) < 4.78 is 0. The van der Waals surface area contributed by atoms with Crippen molar-refractivity contribution >= 4 is 17.2 Å². The number of thiophene rings is 1. The molecule has 1 rings (SSSR count). The van der Waals surface area contributed by atoms with E-state index in [2.05, 4.69) is 29.0 Å². The molecule has 0 aliphatic heterocycles. The Labute approximate surface area is 88.5 Å². The number of nitrogens with one attached hydrogen (secondary N) is 2. The van der Waals surface area contributed by atoms with Crippen LogP contribution in [0.2, 0.25) is 0 Å². The van der Waals surface area contributed by atoms with Gasteiger partial charge < -0.3 is 5.32 Å². The van der Waals surface area contributed by atoms with Crippen LogP contribution in [0.1, 0.15) is 25.5 Å². The fourth-order valence-corrected chi connectivity index (χ4v) is 2.04. The fourth-order valence-electron chi connectivity index (χ4n) is 1.28. The highest BCUT2D eigenvalue weighted by Crippen LogP contribution is 2.15. The molecule has 2 atom stereocenters. The molecule has 0 radical (unpaired) electrons. The van der Waals surface area contributed by atoms with Gasteiger partial charge in [0.05, 0.1) is 6.04 Å². The van der Waals surface area contributed by atoms with Gasteiger partial charge in [0.25, 0.3) is 0 Å². The van der Waals surface area contributed by atoms with Crippen LogP contribution in [0.5, 0.6) is 0 Å². The lowest BCUT2D eigenvalue weighted by molar-refractivity contribution is -0.122. The molecular formula is C10H16N2OS. The van der Waals surface area contributed by atoms with Gasteiger partial charge in [-0.25, -0.2) is 0 Å². The number of amides is 1. The first-order valence-electron chi connectivity index (χ1n) is 4.65. The van der Waals surface area contributed by atoms with Crippen molar-refractivity contribution in [1.82, 2.24) is 10.6 Å². The summed E-state index contributed by atoms with van der Waals surface area (Å²) in [5, 5.41) is 9.98. The van der Waals surface area contributed by atoms with Crippen molar-refractivity contribution in [2.75, 3.05) is 7.05 Å².